The molecule has 2 rings (SSSR count). The Morgan fingerprint density at radius 3 is 2.64 bits per heavy atom. The Hall–Kier alpha value is -0.600. The van der Waals surface area contributed by atoms with Crippen LogP contribution in [0.1, 0.15) is 0 Å². The van der Waals surface area contributed by atoms with Gasteiger partial charge in [-0.1, -0.05) is 49.0 Å². The Kier molecular flexibility index (Phi) is 3.38. The van der Waals surface area contributed by atoms with Crippen molar-refractivity contribution in [1.82, 2.24) is 0 Å². The average molecular weight is 219 g/mol. The molecule has 0 heterocycles. The van der Waals surface area contributed by atoms with E-state index in [1.54, 1.807) is 0 Å². The monoisotopic (exact) mass is 219 g/mol. The number of hydrogen-bond acceptors (Lipinski definition) is 1. The third-order valence-corrected chi connectivity index (χ3v) is 3.63. The molecule has 2 aromatic rings. The molecule has 14 heavy (non-hydrogen) atoms. The topological polar surface area (TPSA) is 0 Å². The maximum Gasteiger partial charge on any atom is 0.0151 e. The molecule has 0 unspecified atom stereocenters. The molecule has 0 aromatic heterocycles. The van der Waals surface area contributed by atoms with Crippen molar-refractivity contribution in [3.05, 3.63) is 42.5 Å². The van der Waals surface area contributed by atoms with Gasteiger partial charge in [-0.05, 0) is 16.8 Å². The lowest BCUT2D eigenvalue weighted by molar-refractivity contribution is 1.50. The summed E-state index contributed by atoms with van der Waals surface area (Å²) in [4.78, 5) is 1.34. The van der Waals surface area contributed by atoms with Gasteiger partial charge in [-0.3, -0.25) is 0 Å². The third-order valence-electron chi connectivity index (χ3n) is 2.09. The quantitative estimate of drug-likeness (QED) is 0.699. The van der Waals surface area contributed by atoms with Crippen molar-refractivity contribution in [3.8, 4) is 0 Å². The summed E-state index contributed by atoms with van der Waals surface area (Å²) in [5.41, 5.74) is 0. The minimum absolute atomic E-state index is 0.813. The summed E-state index contributed by atoms with van der Waals surface area (Å²) in [6.07, 6.45) is 0. The van der Waals surface area contributed by atoms with Gasteiger partial charge in [0.05, 0.1) is 0 Å². The zero-order chi connectivity index (χ0) is 9.80. The molecule has 0 saturated carbocycles. The average Bonchev–Trinajstić information content (AvgIpc) is 2.26. The van der Waals surface area contributed by atoms with E-state index in [0.717, 1.165) is 11.5 Å². The summed E-state index contributed by atoms with van der Waals surface area (Å²) in [6, 6.07) is 14.9. The van der Waals surface area contributed by atoms with E-state index in [1.807, 2.05) is 11.8 Å². The minimum Gasteiger partial charge on any atom is -0.125 e. The number of fused-ring (bicyclic) bond motifs is 1. The molecule has 0 aliphatic carbocycles. The van der Waals surface area contributed by atoms with Gasteiger partial charge in [-0.2, -0.15) is 0 Å². The highest BCUT2D eigenvalue weighted by Gasteiger charge is 1.99. The van der Waals surface area contributed by atoms with Gasteiger partial charge in [0.15, 0.2) is 0 Å². The molecule has 1 radical (unpaired) electrons. The van der Waals surface area contributed by atoms with E-state index in [2.05, 4.69) is 42.5 Å². The van der Waals surface area contributed by atoms with Crippen LogP contribution in [-0.2, 0) is 0 Å². The van der Waals surface area contributed by atoms with Gasteiger partial charge in [0.2, 0.25) is 0 Å². The fraction of sp³-hybridized carbons (Fsp3) is 0.167. The largest absolute Gasteiger partial charge is 0.125 e. The summed E-state index contributed by atoms with van der Waals surface area (Å²) < 4.78 is 0. The molecule has 0 saturated heterocycles. The van der Waals surface area contributed by atoms with Crippen molar-refractivity contribution in [2.24, 2.45) is 0 Å². The predicted molar refractivity (Wildman–Crippen MR) is 67.1 cm³/mol. The Labute approximate surface area is 94.1 Å². The van der Waals surface area contributed by atoms with Crippen molar-refractivity contribution >= 4 is 35.2 Å². The first-order valence-corrected chi connectivity index (χ1v) is 6.17. The Bertz CT molecular complexity index is 418. The molecule has 71 valence electrons. The van der Waals surface area contributed by atoms with E-state index in [9.17, 15) is 0 Å². The molecule has 0 fully saturated rings. The molecule has 0 bridgehead atoms. The van der Waals surface area contributed by atoms with Crippen molar-refractivity contribution in [2.45, 2.75) is 4.90 Å². The minimum atomic E-state index is 0.813. The zero-order valence-electron chi connectivity index (χ0n) is 7.77. The van der Waals surface area contributed by atoms with Gasteiger partial charge in [-0.25, -0.2) is 0 Å². The second-order valence-corrected chi connectivity index (χ2v) is 4.57. The molecule has 2 heteroatoms. The number of thioether (sulfide) groups is 1. The van der Waals surface area contributed by atoms with Crippen LogP contribution in [0, 0.1) is 0 Å². The second-order valence-electron chi connectivity index (χ2n) is 3.03. The van der Waals surface area contributed by atoms with E-state index in [0.29, 0.717) is 0 Å². The van der Waals surface area contributed by atoms with E-state index < -0.39 is 0 Å². The van der Waals surface area contributed by atoms with Crippen molar-refractivity contribution in [3.63, 3.8) is 0 Å². The predicted octanol–water partition coefficient (Wildman–Crippen LogP) is 4.13. The van der Waals surface area contributed by atoms with Gasteiger partial charge < -0.3 is 0 Å². The van der Waals surface area contributed by atoms with Crippen molar-refractivity contribution in [2.75, 3.05) is 11.5 Å². The van der Waals surface area contributed by atoms with Crippen LogP contribution in [0.5, 0.6) is 0 Å². The van der Waals surface area contributed by atoms with Crippen molar-refractivity contribution in [1.29, 1.82) is 0 Å². The molecular formula is C12H11S2. The summed E-state index contributed by atoms with van der Waals surface area (Å²) in [6.45, 7) is 0. The lowest BCUT2D eigenvalue weighted by Crippen LogP contribution is -1.81. The smallest absolute Gasteiger partial charge is 0.0151 e. The summed E-state index contributed by atoms with van der Waals surface area (Å²) in [7, 11) is 0. The highest BCUT2D eigenvalue weighted by atomic mass is 32.2. The molecule has 0 aliphatic rings. The van der Waals surface area contributed by atoms with Crippen LogP contribution in [0.15, 0.2) is 47.4 Å². The van der Waals surface area contributed by atoms with Crippen LogP contribution in [0.25, 0.3) is 10.8 Å². The lowest BCUT2D eigenvalue weighted by atomic mass is 10.1. The van der Waals surface area contributed by atoms with Gasteiger partial charge in [0, 0.05) is 16.4 Å². The molecule has 0 nitrogen and oxygen atoms in total. The number of benzene rings is 2. The van der Waals surface area contributed by atoms with Gasteiger partial charge in [0.25, 0.3) is 0 Å². The fourth-order valence-corrected chi connectivity index (χ4v) is 2.54. The first-order valence-electron chi connectivity index (χ1n) is 4.60. The molecule has 0 N–H and O–H groups in total. The van der Waals surface area contributed by atoms with E-state index in [-0.39, 0.29) is 0 Å². The van der Waals surface area contributed by atoms with E-state index in [1.165, 1.54) is 15.7 Å². The number of rotatable bonds is 3. The normalized spacial score (nSPS) is 10.6. The number of hydrogen-bond donors (Lipinski definition) is 0. The third kappa shape index (κ3) is 2.07. The highest BCUT2D eigenvalue weighted by molar-refractivity contribution is 8.00. The first-order chi connectivity index (χ1) is 6.92. The molecule has 0 amide bonds. The maximum atomic E-state index is 4.95. The summed E-state index contributed by atoms with van der Waals surface area (Å²) in [5.74, 6) is 1.83. The van der Waals surface area contributed by atoms with Crippen molar-refractivity contribution < 1.29 is 0 Å². The zero-order valence-corrected chi connectivity index (χ0v) is 9.41. The van der Waals surface area contributed by atoms with Gasteiger partial charge in [-0.15, -0.1) is 11.8 Å². The van der Waals surface area contributed by atoms with Gasteiger partial charge in [0.1, 0.15) is 0 Å². The Morgan fingerprint density at radius 1 is 1.00 bits per heavy atom. The molecule has 0 atom stereocenters. The lowest BCUT2D eigenvalue weighted by Gasteiger charge is -2.04. The summed E-state index contributed by atoms with van der Waals surface area (Å²) >= 11 is 6.80. The van der Waals surface area contributed by atoms with Gasteiger partial charge >= 0.3 is 0 Å². The SMILES string of the molecule is [S]CCSc1cccc2ccccc12. The maximum absolute atomic E-state index is 4.95. The molecule has 0 aliphatic heterocycles. The van der Waals surface area contributed by atoms with Crippen LogP contribution < -0.4 is 0 Å². The molecular weight excluding hydrogens is 208 g/mol. The van der Waals surface area contributed by atoms with Crippen LogP contribution in [0.4, 0.5) is 0 Å². The summed E-state index contributed by atoms with van der Waals surface area (Å²) in [5, 5.41) is 2.64. The fourth-order valence-electron chi connectivity index (χ4n) is 1.47. The standard InChI is InChI=1S/C12H11S2/c13-8-9-14-12-7-3-5-10-4-1-2-6-11(10)12/h1-7H,8-9H2. The van der Waals surface area contributed by atoms with Crippen LogP contribution >= 0.6 is 24.4 Å². The highest BCUT2D eigenvalue weighted by Crippen LogP contribution is 2.27. The van der Waals surface area contributed by atoms with Crippen LogP contribution in [0.2, 0.25) is 0 Å². The Morgan fingerprint density at radius 2 is 1.79 bits per heavy atom. The Balaban J connectivity index is 2.43. The van der Waals surface area contributed by atoms with Crippen LogP contribution in [0.3, 0.4) is 0 Å². The second kappa shape index (κ2) is 4.76. The molecule has 2 aromatic carbocycles. The van der Waals surface area contributed by atoms with E-state index >= 15 is 0 Å². The first kappa shape index (κ1) is 9.94. The van der Waals surface area contributed by atoms with E-state index in [4.69, 9.17) is 12.6 Å². The molecule has 0 spiro atoms. The van der Waals surface area contributed by atoms with Crippen LogP contribution in [-0.4, -0.2) is 11.5 Å².